The molecule has 0 aromatic heterocycles. The lowest BCUT2D eigenvalue weighted by molar-refractivity contribution is -0.131. The number of carbonyl (C=O) groups is 2. The van der Waals surface area contributed by atoms with Crippen molar-refractivity contribution in [3.05, 3.63) is 29.8 Å². The number of rotatable bonds is 6. The summed E-state index contributed by atoms with van der Waals surface area (Å²) in [6, 6.07) is 6.44. The van der Waals surface area contributed by atoms with E-state index in [9.17, 15) is 18.0 Å². The molecule has 1 saturated carbocycles. The molecule has 2 fully saturated rings. The van der Waals surface area contributed by atoms with E-state index in [4.69, 9.17) is 0 Å². The van der Waals surface area contributed by atoms with E-state index in [0.29, 0.717) is 25.9 Å². The van der Waals surface area contributed by atoms with Crippen molar-refractivity contribution >= 4 is 21.8 Å². The molecule has 0 spiro atoms. The third kappa shape index (κ3) is 5.36. The van der Waals surface area contributed by atoms with Crippen LogP contribution >= 0.6 is 0 Å². The third-order valence-corrected chi connectivity index (χ3v) is 7.85. The molecule has 3 rings (SSSR count). The molecule has 1 unspecified atom stereocenters. The van der Waals surface area contributed by atoms with Gasteiger partial charge in [0.1, 0.15) is 6.04 Å². The summed E-state index contributed by atoms with van der Waals surface area (Å²) in [6.45, 7) is 4.21. The highest BCUT2D eigenvalue weighted by Crippen LogP contribution is 2.24. The van der Waals surface area contributed by atoms with Gasteiger partial charge in [-0.3, -0.25) is 9.59 Å². The Morgan fingerprint density at radius 2 is 1.62 bits per heavy atom. The average molecular weight is 422 g/mol. The normalized spacial score (nSPS) is 20.3. The highest BCUT2D eigenvalue weighted by Gasteiger charge is 2.33. The fraction of sp³-hybridized carbons (Fsp3) is 0.619. The van der Waals surface area contributed by atoms with Gasteiger partial charge in [-0.05, 0) is 51.7 Å². The van der Waals surface area contributed by atoms with Gasteiger partial charge in [-0.2, -0.15) is 4.31 Å². The topological polar surface area (TPSA) is 95.6 Å². The lowest BCUT2D eigenvalue weighted by atomic mass is 9.97. The number of aryl methyl sites for hydroxylation is 1. The second kappa shape index (κ2) is 9.26. The first-order chi connectivity index (χ1) is 13.8. The number of carbonyl (C=O) groups excluding carboxylic acids is 2. The van der Waals surface area contributed by atoms with E-state index in [0.717, 1.165) is 31.2 Å². The van der Waals surface area contributed by atoms with Crippen molar-refractivity contribution in [2.45, 2.75) is 69.4 Å². The zero-order valence-corrected chi connectivity index (χ0v) is 18.0. The molecule has 8 heteroatoms. The van der Waals surface area contributed by atoms with E-state index in [2.05, 4.69) is 10.6 Å². The van der Waals surface area contributed by atoms with Crippen LogP contribution in [0.1, 0.15) is 51.0 Å². The van der Waals surface area contributed by atoms with Crippen LogP contribution in [0.5, 0.6) is 0 Å². The van der Waals surface area contributed by atoms with Crippen LogP contribution in [0.4, 0.5) is 0 Å². The fourth-order valence-corrected chi connectivity index (χ4v) is 5.48. The first-order valence-corrected chi connectivity index (χ1v) is 11.9. The van der Waals surface area contributed by atoms with Crippen LogP contribution in [-0.4, -0.2) is 49.7 Å². The number of piperidine rings is 1. The molecule has 7 nitrogen and oxygen atoms in total. The SMILES string of the molecule is Cc1ccc(S(=O)(=O)N2CCC(C(=O)NC(C)C(=O)NC3CCCC3)CC2)cc1. The van der Waals surface area contributed by atoms with Crippen LogP contribution < -0.4 is 10.6 Å². The van der Waals surface area contributed by atoms with Crippen molar-refractivity contribution in [3.8, 4) is 0 Å². The summed E-state index contributed by atoms with van der Waals surface area (Å²) in [5, 5.41) is 5.79. The molecule has 1 aliphatic heterocycles. The van der Waals surface area contributed by atoms with Crippen molar-refractivity contribution in [2.24, 2.45) is 5.92 Å². The van der Waals surface area contributed by atoms with Crippen molar-refractivity contribution in [2.75, 3.05) is 13.1 Å². The molecule has 1 heterocycles. The fourth-order valence-electron chi connectivity index (χ4n) is 4.01. The molecule has 1 atom stereocenters. The summed E-state index contributed by atoms with van der Waals surface area (Å²) in [5.41, 5.74) is 1.01. The predicted molar refractivity (Wildman–Crippen MR) is 111 cm³/mol. The first-order valence-electron chi connectivity index (χ1n) is 10.4. The Kier molecular flexibility index (Phi) is 6.95. The van der Waals surface area contributed by atoms with Gasteiger partial charge in [-0.25, -0.2) is 8.42 Å². The van der Waals surface area contributed by atoms with E-state index in [1.165, 1.54) is 4.31 Å². The van der Waals surface area contributed by atoms with Crippen molar-refractivity contribution in [1.29, 1.82) is 0 Å². The van der Waals surface area contributed by atoms with E-state index < -0.39 is 16.1 Å². The number of nitrogens with one attached hydrogen (secondary N) is 2. The smallest absolute Gasteiger partial charge is 0.243 e. The van der Waals surface area contributed by atoms with Crippen molar-refractivity contribution in [3.63, 3.8) is 0 Å². The van der Waals surface area contributed by atoms with Crippen LogP contribution in [0.2, 0.25) is 0 Å². The van der Waals surface area contributed by atoms with E-state index in [1.54, 1.807) is 31.2 Å². The molecule has 1 aromatic rings. The van der Waals surface area contributed by atoms with Gasteiger partial charge in [-0.1, -0.05) is 30.5 Å². The van der Waals surface area contributed by atoms with Crippen molar-refractivity contribution in [1.82, 2.24) is 14.9 Å². The summed E-state index contributed by atoms with van der Waals surface area (Å²) >= 11 is 0. The van der Waals surface area contributed by atoms with Gasteiger partial charge in [0, 0.05) is 25.0 Å². The molecule has 29 heavy (non-hydrogen) atoms. The first kappa shape index (κ1) is 21.8. The largest absolute Gasteiger partial charge is 0.352 e. The zero-order valence-electron chi connectivity index (χ0n) is 17.2. The molecule has 1 saturated heterocycles. The standard InChI is InChI=1S/C21H31N3O4S/c1-15-7-9-19(10-8-15)29(27,28)24-13-11-17(12-14-24)21(26)22-16(2)20(25)23-18-5-3-4-6-18/h7-10,16-18H,3-6,11-14H2,1-2H3,(H,22,26)(H,23,25). The van der Waals surface area contributed by atoms with Crippen LogP contribution in [0.3, 0.4) is 0 Å². The quantitative estimate of drug-likeness (QED) is 0.734. The Balaban J connectivity index is 1.49. The number of benzene rings is 1. The lowest BCUT2D eigenvalue weighted by Gasteiger charge is -2.31. The molecule has 1 aliphatic carbocycles. The summed E-state index contributed by atoms with van der Waals surface area (Å²) in [6.07, 6.45) is 5.17. The van der Waals surface area contributed by atoms with E-state index in [1.807, 2.05) is 6.92 Å². The molecule has 1 aromatic carbocycles. The third-order valence-electron chi connectivity index (χ3n) is 5.94. The zero-order chi connectivity index (χ0) is 21.0. The average Bonchev–Trinajstić information content (AvgIpc) is 3.21. The van der Waals surface area contributed by atoms with Crippen LogP contribution in [0, 0.1) is 12.8 Å². The number of hydrogen-bond acceptors (Lipinski definition) is 4. The van der Waals surface area contributed by atoms with Gasteiger partial charge in [0.15, 0.2) is 0 Å². The minimum absolute atomic E-state index is 0.148. The number of hydrogen-bond donors (Lipinski definition) is 2. The summed E-state index contributed by atoms with van der Waals surface area (Å²) in [5.74, 6) is -0.600. The lowest BCUT2D eigenvalue weighted by Crippen LogP contribution is -2.50. The van der Waals surface area contributed by atoms with Gasteiger partial charge in [0.2, 0.25) is 21.8 Å². The molecule has 2 aliphatic rings. The minimum atomic E-state index is -3.54. The van der Waals surface area contributed by atoms with Gasteiger partial charge in [-0.15, -0.1) is 0 Å². The molecule has 0 bridgehead atoms. The molecule has 2 amide bonds. The van der Waals surface area contributed by atoms with Gasteiger partial charge < -0.3 is 10.6 Å². The Bertz CT molecular complexity index is 824. The van der Waals surface area contributed by atoms with Gasteiger partial charge >= 0.3 is 0 Å². The maximum absolute atomic E-state index is 12.8. The second-order valence-corrected chi connectivity index (χ2v) is 10.1. The molecular weight excluding hydrogens is 390 g/mol. The number of amides is 2. The summed E-state index contributed by atoms with van der Waals surface area (Å²) in [7, 11) is -3.54. The monoisotopic (exact) mass is 421 g/mol. The number of nitrogens with zero attached hydrogens (tertiary/aromatic N) is 1. The Morgan fingerprint density at radius 3 is 2.21 bits per heavy atom. The Hall–Kier alpha value is -1.93. The van der Waals surface area contributed by atoms with E-state index in [-0.39, 0.29) is 28.7 Å². The summed E-state index contributed by atoms with van der Waals surface area (Å²) in [4.78, 5) is 25.1. The molecule has 160 valence electrons. The minimum Gasteiger partial charge on any atom is -0.352 e. The highest BCUT2D eigenvalue weighted by molar-refractivity contribution is 7.89. The molecular formula is C21H31N3O4S. The number of sulfonamides is 1. The molecule has 2 N–H and O–H groups in total. The Labute approximate surface area is 173 Å². The second-order valence-electron chi connectivity index (χ2n) is 8.21. The van der Waals surface area contributed by atoms with Crippen LogP contribution in [0.15, 0.2) is 29.2 Å². The van der Waals surface area contributed by atoms with Crippen LogP contribution in [-0.2, 0) is 19.6 Å². The van der Waals surface area contributed by atoms with Crippen LogP contribution in [0.25, 0.3) is 0 Å². The Morgan fingerprint density at radius 1 is 1.03 bits per heavy atom. The molecule has 0 radical (unpaired) electrons. The highest BCUT2D eigenvalue weighted by atomic mass is 32.2. The maximum Gasteiger partial charge on any atom is 0.243 e. The van der Waals surface area contributed by atoms with Gasteiger partial charge in [0.25, 0.3) is 0 Å². The van der Waals surface area contributed by atoms with E-state index >= 15 is 0 Å². The predicted octanol–water partition coefficient (Wildman–Crippen LogP) is 1.96. The summed E-state index contributed by atoms with van der Waals surface area (Å²) < 4.78 is 27.0. The van der Waals surface area contributed by atoms with Crippen molar-refractivity contribution < 1.29 is 18.0 Å². The maximum atomic E-state index is 12.8. The van der Waals surface area contributed by atoms with Gasteiger partial charge in [0.05, 0.1) is 4.90 Å².